The molecule has 0 fully saturated rings. The van der Waals surface area contributed by atoms with Crippen molar-refractivity contribution in [3.8, 4) is 11.5 Å². The van der Waals surface area contributed by atoms with Crippen molar-refractivity contribution in [3.63, 3.8) is 0 Å². The van der Waals surface area contributed by atoms with Gasteiger partial charge >= 0.3 is 0 Å². The van der Waals surface area contributed by atoms with Gasteiger partial charge in [0.05, 0.1) is 25.2 Å². The second-order valence-electron chi connectivity index (χ2n) is 3.85. The summed E-state index contributed by atoms with van der Waals surface area (Å²) in [6, 6.07) is 4.93. The molecule has 1 aromatic rings. The molecular weight excluding hydrogens is 254 g/mol. The molecule has 0 bridgehead atoms. The summed E-state index contributed by atoms with van der Waals surface area (Å²) in [7, 11) is -1.68. The summed E-state index contributed by atoms with van der Waals surface area (Å²) in [5.74, 6) is 0.786. The quantitative estimate of drug-likeness (QED) is 0.796. The number of methoxy groups -OCH3 is 1. The summed E-state index contributed by atoms with van der Waals surface area (Å²) >= 11 is 0. The fourth-order valence-electron chi connectivity index (χ4n) is 1.48. The Morgan fingerprint density at radius 1 is 1.33 bits per heavy atom. The van der Waals surface area contributed by atoms with Gasteiger partial charge < -0.3 is 14.9 Å². The van der Waals surface area contributed by atoms with Crippen LogP contribution in [0.3, 0.4) is 0 Å². The van der Waals surface area contributed by atoms with Gasteiger partial charge in [-0.3, -0.25) is 0 Å². The van der Waals surface area contributed by atoms with Gasteiger partial charge in [-0.1, -0.05) is 0 Å². The van der Waals surface area contributed by atoms with Gasteiger partial charge in [-0.25, -0.2) is 8.42 Å². The van der Waals surface area contributed by atoms with Crippen LogP contribution in [0.1, 0.15) is 12.5 Å². The molecule has 0 amide bonds. The molecule has 0 unspecified atom stereocenters. The highest BCUT2D eigenvalue weighted by atomic mass is 32.2. The predicted octanol–water partition coefficient (Wildman–Crippen LogP) is 1.51. The molecule has 1 rings (SSSR count). The molecule has 0 saturated carbocycles. The smallest absolute Gasteiger partial charge is 0.161 e. The van der Waals surface area contributed by atoms with E-state index >= 15 is 0 Å². The zero-order valence-corrected chi connectivity index (χ0v) is 11.5. The lowest BCUT2D eigenvalue weighted by Crippen LogP contribution is -2.14. The molecule has 0 radical (unpaired) electrons. The molecule has 5 nitrogen and oxygen atoms in total. The van der Waals surface area contributed by atoms with Crippen LogP contribution in [0.2, 0.25) is 0 Å². The standard InChI is InChI=1S/C12H17NO4S/c1-4-17-12-7-9(5-6-11(12)16-2)10(13)8-18(3,14)15/h5-7,13H,4,8H2,1-3H3. The molecule has 0 atom stereocenters. The SMILES string of the molecule is CCOc1cc(C(=N)CS(C)(=O)=O)ccc1OC. The molecule has 0 aliphatic heterocycles. The van der Waals surface area contributed by atoms with E-state index in [1.807, 2.05) is 6.92 Å². The third-order valence-electron chi connectivity index (χ3n) is 2.22. The van der Waals surface area contributed by atoms with E-state index in [2.05, 4.69) is 0 Å². The maximum Gasteiger partial charge on any atom is 0.161 e. The van der Waals surface area contributed by atoms with Crippen molar-refractivity contribution >= 4 is 15.5 Å². The van der Waals surface area contributed by atoms with Crippen LogP contribution in [-0.4, -0.2) is 39.9 Å². The van der Waals surface area contributed by atoms with E-state index in [1.165, 1.54) is 7.11 Å². The van der Waals surface area contributed by atoms with Gasteiger partial charge in [-0.15, -0.1) is 0 Å². The molecular formula is C12H17NO4S. The Balaban J connectivity index is 3.04. The minimum Gasteiger partial charge on any atom is -0.493 e. The van der Waals surface area contributed by atoms with Crippen LogP contribution in [-0.2, 0) is 9.84 Å². The molecule has 0 aromatic heterocycles. The Hall–Kier alpha value is -1.56. The first-order chi connectivity index (χ1) is 8.37. The highest BCUT2D eigenvalue weighted by Crippen LogP contribution is 2.28. The van der Waals surface area contributed by atoms with Gasteiger partial charge in [0.1, 0.15) is 0 Å². The third kappa shape index (κ3) is 4.03. The molecule has 0 spiro atoms. The lowest BCUT2D eigenvalue weighted by molar-refractivity contribution is 0.311. The van der Waals surface area contributed by atoms with Crippen molar-refractivity contribution in [1.82, 2.24) is 0 Å². The molecule has 6 heteroatoms. The second-order valence-corrected chi connectivity index (χ2v) is 5.99. The zero-order valence-electron chi connectivity index (χ0n) is 10.7. The van der Waals surface area contributed by atoms with E-state index in [9.17, 15) is 8.42 Å². The van der Waals surface area contributed by atoms with Crippen LogP contribution < -0.4 is 9.47 Å². The largest absolute Gasteiger partial charge is 0.493 e. The molecule has 1 aromatic carbocycles. The van der Waals surface area contributed by atoms with Gasteiger partial charge in [0, 0.05) is 11.8 Å². The van der Waals surface area contributed by atoms with Crippen LogP contribution in [0.15, 0.2) is 18.2 Å². The van der Waals surface area contributed by atoms with Crippen LogP contribution in [0.5, 0.6) is 11.5 Å². The Kier molecular flexibility index (Phi) is 4.72. The molecule has 1 N–H and O–H groups in total. The van der Waals surface area contributed by atoms with E-state index < -0.39 is 9.84 Å². The average molecular weight is 271 g/mol. The van der Waals surface area contributed by atoms with Gasteiger partial charge in [0.2, 0.25) is 0 Å². The number of sulfone groups is 1. The van der Waals surface area contributed by atoms with E-state index in [-0.39, 0.29) is 11.5 Å². The molecule has 0 aliphatic carbocycles. The highest BCUT2D eigenvalue weighted by Gasteiger charge is 2.12. The lowest BCUT2D eigenvalue weighted by Gasteiger charge is -2.11. The lowest BCUT2D eigenvalue weighted by atomic mass is 10.1. The summed E-state index contributed by atoms with van der Waals surface area (Å²) in [6.45, 7) is 2.31. The van der Waals surface area contributed by atoms with E-state index in [0.29, 0.717) is 23.7 Å². The van der Waals surface area contributed by atoms with Crippen LogP contribution >= 0.6 is 0 Å². The van der Waals surface area contributed by atoms with E-state index in [4.69, 9.17) is 14.9 Å². The topological polar surface area (TPSA) is 76.5 Å². The Morgan fingerprint density at radius 3 is 2.50 bits per heavy atom. The maximum atomic E-state index is 11.2. The second kappa shape index (κ2) is 5.86. The monoisotopic (exact) mass is 271 g/mol. The van der Waals surface area contributed by atoms with Gasteiger partial charge in [-0.05, 0) is 25.1 Å². The summed E-state index contributed by atoms with van der Waals surface area (Å²) in [5, 5.41) is 7.77. The van der Waals surface area contributed by atoms with E-state index in [1.54, 1.807) is 18.2 Å². The number of hydrogen-bond acceptors (Lipinski definition) is 5. The Bertz CT molecular complexity index is 537. The molecule has 0 heterocycles. The van der Waals surface area contributed by atoms with Gasteiger partial charge in [-0.2, -0.15) is 0 Å². The molecule has 0 aliphatic rings. The number of ether oxygens (including phenoxy) is 2. The molecule has 100 valence electrons. The number of hydrogen-bond donors (Lipinski definition) is 1. The number of nitrogens with one attached hydrogen (secondary N) is 1. The average Bonchev–Trinajstić information content (AvgIpc) is 2.27. The first kappa shape index (κ1) is 14.5. The Labute approximate surface area is 107 Å². The van der Waals surface area contributed by atoms with Gasteiger partial charge in [0.15, 0.2) is 21.3 Å². The van der Waals surface area contributed by atoms with Gasteiger partial charge in [0.25, 0.3) is 0 Å². The number of rotatable bonds is 6. The summed E-state index contributed by atoms with van der Waals surface area (Å²) in [5.41, 5.74) is 0.561. The first-order valence-electron chi connectivity index (χ1n) is 5.43. The number of benzene rings is 1. The van der Waals surface area contributed by atoms with Crippen molar-refractivity contribution in [2.75, 3.05) is 25.7 Å². The van der Waals surface area contributed by atoms with Crippen molar-refractivity contribution < 1.29 is 17.9 Å². The Morgan fingerprint density at radius 2 is 2.00 bits per heavy atom. The summed E-state index contributed by atoms with van der Waals surface area (Å²) < 4.78 is 32.8. The van der Waals surface area contributed by atoms with Crippen LogP contribution in [0.25, 0.3) is 0 Å². The van der Waals surface area contributed by atoms with E-state index in [0.717, 1.165) is 6.26 Å². The summed E-state index contributed by atoms with van der Waals surface area (Å²) in [4.78, 5) is 0. The molecule has 0 saturated heterocycles. The van der Waals surface area contributed by atoms with Crippen molar-refractivity contribution in [2.45, 2.75) is 6.92 Å². The maximum absolute atomic E-state index is 11.2. The molecule has 18 heavy (non-hydrogen) atoms. The van der Waals surface area contributed by atoms with Crippen molar-refractivity contribution in [1.29, 1.82) is 5.41 Å². The minimum atomic E-state index is -3.21. The first-order valence-corrected chi connectivity index (χ1v) is 7.49. The third-order valence-corrected chi connectivity index (χ3v) is 3.03. The van der Waals surface area contributed by atoms with Crippen LogP contribution in [0.4, 0.5) is 0 Å². The van der Waals surface area contributed by atoms with Crippen LogP contribution in [0, 0.1) is 5.41 Å². The van der Waals surface area contributed by atoms with Crippen molar-refractivity contribution in [3.05, 3.63) is 23.8 Å². The van der Waals surface area contributed by atoms with Crippen molar-refractivity contribution in [2.24, 2.45) is 0 Å². The minimum absolute atomic E-state index is 0.0427. The fraction of sp³-hybridized carbons (Fsp3) is 0.417. The highest BCUT2D eigenvalue weighted by molar-refractivity contribution is 7.91. The predicted molar refractivity (Wildman–Crippen MR) is 70.7 cm³/mol. The zero-order chi connectivity index (χ0) is 13.8. The summed E-state index contributed by atoms with van der Waals surface area (Å²) in [6.07, 6.45) is 1.11. The fourth-order valence-corrected chi connectivity index (χ4v) is 2.17. The normalized spacial score (nSPS) is 11.1.